The van der Waals surface area contributed by atoms with Crippen LogP contribution in [0.4, 0.5) is 0 Å². The Morgan fingerprint density at radius 3 is 2.51 bits per heavy atom. The molecule has 0 aliphatic carbocycles. The molecule has 3 aliphatic rings. The average molecular weight is 541 g/mol. The number of benzene rings is 2. The molecule has 3 aromatic rings. The van der Waals surface area contributed by atoms with Crippen molar-refractivity contribution in [2.24, 2.45) is 5.92 Å². The topological polar surface area (TPSA) is 93.5 Å². The van der Waals surface area contributed by atoms with Crippen LogP contribution in [0.25, 0.3) is 10.1 Å². The number of nitriles is 1. The van der Waals surface area contributed by atoms with Gasteiger partial charge in [-0.15, -0.1) is 11.3 Å². The van der Waals surface area contributed by atoms with E-state index in [4.69, 9.17) is 0 Å². The summed E-state index contributed by atoms with van der Waals surface area (Å²) in [4.78, 5) is 45.2. The van der Waals surface area contributed by atoms with Gasteiger partial charge in [0.15, 0.2) is 0 Å². The fourth-order valence-electron chi connectivity index (χ4n) is 6.59. The van der Waals surface area contributed by atoms with Crippen LogP contribution in [-0.2, 0) is 9.59 Å². The lowest BCUT2D eigenvalue weighted by atomic mass is 9.90. The van der Waals surface area contributed by atoms with E-state index < -0.39 is 12.1 Å². The SMILES string of the molecule is N#C[C@@H]1CN(C(=O)[C@@H]2CC[C@@H]3CCCC[C@H](NC(=O)c4cc5ccccc5s4)C(=O)N32)C[C@H]1c1ccccc1. The fraction of sp³-hybridized carbons (Fsp3) is 0.419. The van der Waals surface area contributed by atoms with Gasteiger partial charge in [0.05, 0.1) is 16.9 Å². The molecule has 0 spiro atoms. The molecular formula is C31H32N4O3S. The van der Waals surface area contributed by atoms with Crippen LogP contribution in [0.5, 0.6) is 0 Å². The summed E-state index contributed by atoms with van der Waals surface area (Å²) in [6.45, 7) is 0.862. The van der Waals surface area contributed by atoms with Gasteiger partial charge >= 0.3 is 0 Å². The van der Waals surface area contributed by atoms with Gasteiger partial charge in [-0.2, -0.15) is 5.26 Å². The van der Waals surface area contributed by atoms with Crippen molar-refractivity contribution in [2.75, 3.05) is 13.1 Å². The number of carbonyl (C=O) groups is 3. The van der Waals surface area contributed by atoms with E-state index in [1.807, 2.05) is 60.7 Å². The largest absolute Gasteiger partial charge is 0.340 e. The number of amides is 3. The molecule has 3 aliphatic heterocycles. The molecule has 5 atom stereocenters. The molecular weight excluding hydrogens is 508 g/mol. The van der Waals surface area contributed by atoms with E-state index in [1.165, 1.54) is 11.3 Å². The second kappa shape index (κ2) is 10.8. The number of nitrogens with zero attached hydrogens (tertiary/aromatic N) is 3. The molecule has 200 valence electrons. The number of hydrogen-bond acceptors (Lipinski definition) is 5. The monoisotopic (exact) mass is 540 g/mol. The standard InChI is InChI=1S/C31H32N4O3S/c32-17-22-18-34(19-24(22)20-8-2-1-3-9-20)31(38)26-15-14-23-11-5-6-12-25(30(37)35(23)26)33-29(36)28-16-21-10-4-7-13-27(21)39-28/h1-4,7-10,13,16,22-26H,5-6,11-12,14-15,18-19H2,(H,33,36)/t22-,23+,24+,25+,26+/m1/s1. The van der Waals surface area contributed by atoms with Gasteiger partial charge in [-0.3, -0.25) is 14.4 Å². The molecule has 0 bridgehead atoms. The fourth-order valence-corrected chi connectivity index (χ4v) is 7.56. The van der Waals surface area contributed by atoms with Gasteiger partial charge in [-0.1, -0.05) is 61.4 Å². The van der Waals surface area contributed by atoms with E-state index in [0.29, 0.717) is 30.8 Å². The number of rotatable bonds is 4. The Morgan fingerprint density at radius 1 is 0.949 bits per heavy atom. The lowest BCUT2D eigenvalue weighted by molar-refractivity contribution is -0.146. The van der Waals surface area contributed by atoms with E-state index in [1.54, 1.807) is 9.80 Å². The highest BCUT2D eigenvalue weighted by Crippen LogP contribution is 2.36. The Morgan fingerprint density at radius 2 is 1.72 bits per heavy atom. The van der Waals surface area contributed by atoms with Crippen molar-refractivity contribution in [3.63, 3.8) is 0 Å². The first kappa shape index (κ1) is 25.6. The van der Waals surface area contributed by atoms with Crippen molar-refractivity contribution in [3.05, 3.63) is 71.1 Å². The van der Waals surface area contributed by atoms with Crippen LogP contribution in [0.1, 0.15) is 59.7 Å². The number of nitrogens with one attached hydrogen (secondary N) is 1. The van der Waals surface area contributed by atoms with Gasteiger partial charge in [0.2, 0.25) is 11.8 Å². The van der Waals surface area contributed by atoms with E-state index in [-0.39, 0.29) is 35.6 Å². The summed E-state index contributed by atoms with van der Waals surface area (Å²) in [5.74, 6) is -0.769. The van der Waals surface area contributed by atoms with Crippen molar-refractivity contribution in [2.45, 2.75) is 62.6 Å². The number of carbonyl (C=O) groups excluding carboxylic acids is 3. The van der Waals surface area contributed by atoms with Gasteiger partial charge in [-0.05, 0) is 48.8 Å². The minimum absolute atomic E-state index is 0.00904. The highest BCUT2D eigenvalue weighted by atomic mass is 32.1. The third kappa shape index (κ3) is 4.92. The smallest absolute Gasteiger partial charge is 0.262 e. The highest BCUT2D eigenvalue weighted by molar-refractivity contribution is 7.20. The molecule has 0 radical (unpaired) electrons. The zero-order valence-electron chi connectivity index (χ0n) is 21.8. The van der Waals surface area contributed by atoms with Crippen LogP contribution in [0.2, 0.25) is 0 Å². The first-order valence-corrected chi connectivity index (χ1v) is 14.7. The van der Waals surface area contributed by atoms with Crippen molar-refractivity contribution >= 4 is 39.1 Å². The Balaban J connectivity index is 1.20. The number of fused-ring (bicyclic) bond motifs is 2. The molecule has 4 heterocycles. The van der Waals surface area contributed by atoms with Gasteiger partial charge in [0.1, 0.15) is 12.1 Å². The van der Waals surface area contributed by atoms with Gasteiger partial charge in [0, 0.05) is 29.7 Å². The van der Waals surface area contributed by atoms with E-state index in [9.17, 15) is 19.6 Å². The van der Waals surface area contributed by atoms with Crippen molar-refractivity contribution in [1.29, 1.82) is 5.26 Å². The van der Waals surface area contributed by atoms with Crippen LogP contribution in [-0.4, -0.2) is 58.7 Å². The Bertz CT molecular complexity index is 1400. The second-order valence-corrected chi connectivity index (χ2v) is 12.0. The van der Waals surface area contributed by atoms with Crippen LogP contribution >= 0.6 is 11.3 Å². The quantitative estimate of drug-likeness (QED) is 0.519. The first-order valence-electron chi connectivity index (χ1n) is 13.9. The lowest BCUT2D eigenvalue weighted by Crippen LogP contribution is -2.56. The van der Waals surface area contributed by atoms with Crippen LogP contribution in [0.15, 0.2) is 60.7 Å². The summed E-state index contributed by atoms with van der Waals surface area (Å²) in [7, 11) is 0. The van der Waals surface area contributed by atoms with E-state index in [2.05, 4.69) is 11.4 Å². The highest BCUT2D eigenvalue weighted by Gasteiger charge is 2.47. The third-order valence-corrected chi connectivity index (χ3v) is 9.71. The van der Waals surface area contributed by atoms with Crippen molar-refractivity contribution in [1.82, 2.24) is 15.1 Å². The van der Waals surface area contributed by atoms with Gasteiger partial charge in [-0.25, -0.2) is 0 Å². The third-order valence-electron chi connectivity index (χ3n) is 8.60. The molecule has 7 nitrogen and oxygen atoms in total. The van der Waals surface area contributed by atoms with Gasteiger partial charge < -0.3 is 15.1 Å². The maximum Gasteiger partial charge on any atom is 0.262 e. The molecule has 3 fully saturated rings. The van der Waals surface area contributed by atoms with E-state index >= 15 is 0 Å². The first-order chi connectivity index (χ1) is 19.0. The minimum Gasteiger partial charge on any atom is -0.340 e. The Kier molecular flexibility index (Phi) is 7.09. The number of thiophene rings is 1. The lowest BCUT2D eigenvalue weighted by Gasteiger charge is -2.36. The number of likely N-dealkylation sites (tertiary alicyclic amines) is 1. The summed E-state index contributed by atoms with van der Waals surface area (Å²) in [5, 5.41) is 13.9. The molecule has 1 N–H and O–H groups in total. The molecule has 0 unspecified atom stereocenters. The molecule has 39 heavy (non-hydrogen) atoms. The minimum atomic E-state index is -0.651. The predicted molar refractivity (Wildman–Crippen MR) is 150 cm³/mol. The van der Waals surface area contributed by atoms with Crippen molar-refractivity contribution in [3.8, 4) is 6.07 Å². The summed E-state index contributed by atoms with van der Waals surface area (Å²) in [6, 6.07) is 20.8. The normalized spacial score (nSPS) is 27.1. The Hall–Kier alpha value is -3.70. The zero-order chi connectivity index (χ0) is 26.9. The van der Waals surface area contributed by atoms with Crippen LogP contribution in [0.3, 0.4) is 0 Å². The molecule has 2 aromatic carbocycles. The summed E-state index contributed by atoms with van der Waals surface area (Å²) >= 11 is 1.42. The van der Waals surface area contributed by atoms with Crippen molar-refractivity contribution < 1.29 is 14.4 Å². The molecule has 8 heteroatoms. The van der Waals surface area contributed by atoms with Crippen LogP contribution < -0.4 is 5.32 Å². The summed E-state index contributed by atoms with van der Waals surface area (Å²) < 4.78 is 1.03. The zero-order valence-corrected chi connectivity index (χ0v) is 22.6. The van der Waals surface area contributed by atoms with E-state index in [0.717, 1.165) is 41.3 Å². The van der Waals surface area contributed by atoms with Crippen LogP contribution in [0, 0.1) is 17.2 Å². The van der Waals surface area contributed by atoms with Gasteiger partial charge in [0.25, 0.3) is 5.91 Å². The molecule has 0 saturated carbocycles. The Labute approximate surface area is 232 Å². The molecule has 3 amide bonds. The summed E-state index contributed by atoms with van der Waals surface area (Å²) in [6.07, 6.45) is 4.67. The molecule has 3 saturated heterocycles. The molecule has 1 aromatic heterocycles. The summed E-state index contributed by atoms with van der Waals surface area (Å²) in [5.41, 5.74) is 1.06. The maximum atomic E-state index is 13.9. The average Bonchev–Trinajstić information content (AvgIpc) is 3.70. The number of hydrogen-bond donors (Lipinski definition) is 1. The molecule has 6 rings (SSSR count). The second-order valence-electron chi connectivity index (χ2n) is 10.9. The predicted octanol–water partition coefficient (Wildman–Crippen LogP) is 4.70. The maximum absolute atomic E-state index is 13.9.